The van der Waals surface area contributed by atoms with Gasteiger partial charge in [0.15, 0.2) is 0 Å². The van der Waals surface area contributed by atoms with Gasteiger partial charge in [-0.05, 0) is 36.0 Å². The van der Waals surface area contributed by atoms with Crippen molar-refractivity contribution in [3.05, 3.63) is 35.4 Å². The first kappa shape index (κ1) is 10.5. The zero-order chi connectivity index (χ0) is 11.1. The predicted octanol–water partition coefficient (Wildman–Crippen LogP) is 2.27. The van der Waals surface area contributed by atoms with Gasteiger partial charge in [-0.2, -0.15) is 0 Å². The van der Waals surface area contributed by atoms with Crippen LogP contribution in [0.3, 0.4) is 0 Å². The number of nitrogens with two attached hydrogens (primary N) is 1. The van der Waals surface area contributed by atoms with Gasteiger partial charge in [0, 0.05) is 6.07 Å². The van der Waals surface area contributed by atoms with Gasteiger partial charge in [0.25, 0.3) is 0 Å². The van der Waals surface area contributed by atoms with E-state index in [1.807, 2.05) is 0 Å². The van der Waals surface area contributed by atoms with Crippen LogP contribution in [0.25, 0.3) is 0 Å². The Morgan fingerprint density at radius 2 is 1.80 bits per heavy atom. The van der Waals surface area contributed by atoms with Crippen LogP contribution < -0.4 is 11.3 Å². The Hall–Kier alpha value is -1.00. The molecule has 2 nitrogen and oxygen atoms in total. The highest BCUT2D eigenvalue weighted by Crippen LogP contribution is 2.54. The topological polar surface area (TPSA) is 38.0 Å². The second-order valence-corrected chi connectivity index (χ2v) is 4.46. The SMILES string of the molecule is CC1(C(NN)c2cc(F)cc(F)c2)CC1. The van der Waals surface area contributed by atoms with Crippen LogP contribution >= 0.6 is 0 Å². The van der Waals surface area contributed by atoms with E-state index in [0.717, 1.165) is 18.9 Å². The molecule has 0 spiro atoms. The third-order valence-electron chi connectivity index (χ3n) is 3.12. The van der Waals surface area contributed by atoms with Gasteiger partial charge in [0.2, 0.25) is 0 Å². The molecule has 1 aromatic carbocycles. The summed E-state index contributed by atoms with van der Waals surface area (Å²) in [5.41, 5.74) is 3.26. The minimum Gasteiger partial charge on any atom is -0.271 e. The molecule has 1 aliphatic carbocycles. The van der Waals surface area contributed by atoms with E-state index >= 15 is 0 Å². The van der Waals surface area contributed by atoms with Crippen LogP contribution in [-0.4, -0.2) is 0 Å². The van der Waals surface area contributed by atoms with E-state index in [2.05, 4.69) is 12.3 Å². The van der Waals surface area contributed by atoms with Crippen molar-refractivity contribution in [3.8, 4) is 0 Å². The van der Waals surface area contributed by atoms with Gasteiger partial charge in [-0.15, -0.1) is 0 Å². The molecule has 0 aromatic heterocycles. The molecule has 4 heteroatoms. The predicted molar refractivity (Wildman–Crippen MR) is 53.8 cm³/mol. The van der Waals surface area contributed by atoms with E-state index in [9.17, 15) is 8.78 Å². The van der Waals surface area contributed by atoms with Crippen LogP contribution in [-0.2, 0) is 0 Å². The number of hydrogen-bond donors (Lipinski definition) is 2. The fraction of sp³-hybridized carbons (Fsp3) is 0.455. The van der Waals surface area contributed by atoms with Crippen molar-refractivity contribution in [2.75, 3.05) is 0 Å². The molecule has 2 rings (SSSR count). The molecule has 82 valence electrons. The van der Waals surface area contributed by atoms with Crippen molar-refractivity contribution >= 4 is 0 Å². The quantitative estimate of drug-likeness (QED) is 0.595. The molecule has 0 radical (unpaired) electrons. The second kappa shape index (κ2) is 3.54. The highest BCUT2D eigenvalue weighted by molar-refractivity contribution is 5.25. The van der Waals surface area contributed by atoms with E-state index in [1.165, 1.54) is 12.1 Å². The van der Waals surface area contributed by atoms with Crippen LogP contribution in [0.5, 0.6) is 0 Å². The van der Waals surface area contributed by atoms with Crippen LogP contribution in [0.4, 0.5) is 8.78 Å². The number of benzene rings is 1. The van der Waals surface area contributed by atoms with E-state index in [4.69, 9.17) is 5.84 Å². The smallest absolute Gasteiger partial charge is 0.126 e. The standard InChI is InChI=1S/C11H14F2N2/c1-11(2-3-11)10(15-14)7-4-8(12)6-9(13)5-7/h4-6,10,15H,2-3,14H2,1H3. The molecular formula is C11H14F2N2. The normalized spacial score (nSPS) is 20.0. The summed E-state index contributed by atoms with van der Waals surface area (Å²) in [7, 11) is 0. The molecule has 0 aliphatic heterocycles. The summed E-state index contributed by atoms with van der Waals surface area (Å²) < 4.78 is 26.0. The maximum Gasteiger partial charge on any atom is 0.126 e. The van der Waals surface area contributed by atoms with Crippen LogP contribution in [0.1, 0.15) is 31.4 Å². The monoisotopic (exact) mass is 212 g/mol. The summed E-state index contributed by atoms with van der Waals surface area (Å²) in [5.74, 6) is 4.31. The Morgan fingerprint density at radius 1 is 1.27 bits per heavy atom. The minimum absolute atomic E-state index is 0.0367. The fourth-order valence-electron chi connectivity index (χ4n) is 1.93. The molecule has 15 heavy (non-hydrogen) atoms. The number of hydrogen-bond acceptors (Lipinski definition) is 2. The van der Waals surface area contributed by atoms with Gasteiger partial charge in [-0.3, -0.25) is 11.3 Å². The van der Waals surface area contributed by atoms with Crippen molar-refractivity contribution in [3.63, 3.8) is 0 Å². The summed E-state index contributed by atoms with van der Waals surface area (Å²) in [6.45, 7) is 2.06. The molecule has 0 heterocycles. The Kier molecular flexibility index (Phi) is 2.48. The maximum absolute atomic E-state index is 13.0. The highest BCUT2D eigenvalue weighted by atomic mass is 19.1. The van der Waals surface area contributed by atoms with Crippen LogP contribution in [0.2, 0.25) is 0 Å². The average Bonchev–Trinajstić information content (AvgIpc) is 2.83. The number of hydrazine groups is 1. The van der Waals surface area contributed by atoms with Gasteiger partial charge >= 0.3 is 0 Å². The van der Waals surface area contributed by atoms with Crippen molar-refractivity contribution in [2.24, 2.45) is 11.3 Å². The molecule has 1 unspecified atom stereocenters. The van der Waals surface area contributed by atoms with Crippen LogP contribution in [0.15, 0.2) is 18.2 Å². The molecule has 3 N–H and O–H groups in total. The number of halogens is 2. The third-order valence-corrected chi connectivity index (χ3v) is 3.12. The van der Waals surface area contributed by atoms with E-state index < -0.39 is 11.6 Å². The first-order valence-corrected chi connectivity index (χ1v) is 4.97. The van der Waals surface area contributed by atoms with Gasteiger partial charge in [0.1, 0.15) is 11.6 Å². The number of rotatable bonds is 3. The first-order chi connectivity index (χ1) is 7.05. The average molecular weight is 212 g/mol. The summed E-state index contributed by atoms with van der Waals surface area (Å²) in [4.78, 5) is 0. The first-order valence-electron chi connectivity index (χ1n) is 4.97. The molecule has 1 saturated carbocycles. The van der Waals surface area contributed by atoms with E-state index in [0.29, 0.717) is 5.56 Å². The zero-order valence-electron chi connectivity index (χ0n) is 8.56. The summed E-state index contributed by atoms with van der Waals surface area (Å²) >= 11 is 0. The Bertz CT molecular complexity index is 355. The lowest BCUT2D eigenvalue weighted by Crippen LogP contribution is -2.33. The van der Waals surface area contributed by atoms with Crippen LogP contribution in [0, 0.1) is 17.0 Å². The summed E-state index contributed by atoms with van der Waals surface area (Å²) in [5, 5.41) is 0. The maximum atomic E-state index is 13.0. The highest BCUT2D eigenvalue weighted by Gasteiger charge is 2.45. The molecule has 1 atom stereocenters. The molecule has 0 amide bonds. The summed E-state index contributed by atoms with van der Waals surface area (Å²) in [6, 6.07) is 3.35. The van der Waals surface area contributed by atoms with Gasteiger partial charge < -0.3 is 0 Å². The van der Waals surface area contributed by atoms with Crippen molar-refractivity contribution in [1.82, 2.24) is 5.43 Å². The Morgan fingerprint density at radius 3 is 2.20 bits per heavy atom. The Labute approximate surface area is 87.4 Å². The lowest BCUT2D eigenvalue weighted by Gasteiger charge is -2.23. The van der Waals surface area contributed by atoms with E-state index in [1.54, 1.807) is 0 Å². The third kappa shape index (κ3) is 2.01. The van der Waals surface area contributed by atoms with Crippen molar-refractivity contribution in [1.29, 1.82) is 0 Å². The molecular weight excluding hydrogens is 198 g/mol. The summed E-state index contributed by atoms with van der Waals surface area (Å²) in [6.07, 6.45) is 2.06. The number of nitrogens with one attached hydrogen (secondary N) is 1. The van der Waals surface area contributed by atoms with Gasteiger partial charge in [-0.1, -0.05) is 6.92 Å². The Balaban J connectivity index is 2.34. The fourth-order valence-corrected chi connectivity index (χ4v) is 1.93. The molecule has 1 aliphatic rings. The lowest BCUT2D eigenvalue weighted by atomic mass is 9.92. The molecule has 1 fully saturated rings. The molecule has 0 saturated heterocycles. The molecule has 0 bridgehead atoms. The zero-order valence-corrected chi connectivity index (χ0v) is 8.56. The second-order valence-electron chi connectivity index (χ2n) is 4.46. The lowest BCUT2D eigenvalue weighted by molar-refractivity contribution is 0.369. The van der Waals surface area contributed by atoms with Crippen molar-refractivity contribution in [2.45, 2.75) is 25.8 Å². The van der Waals surface area contributed by atoms with Crippen molar-refractivity contribution < 1.29 is 8.78 Å². The largest absolute Gasteiger partial charge is 0.271 e. The van der Waals surface area contributed by atoms with Gasteiger partial charge in [-0.25, -0.2) is 8.78 Å². The van der Waals surface area contributed by atoms with Gasteiger partial charge in [0.05, 0.1) is 6.04 Å². The minimum atomic E-state index is -0.561. The van der Waals surface area contributed by atoms with E-state index in [-0.39, 0.29) is 11.5 Å². The molecule has 1 aromatic rings.